The van der Waals surface area contributed by atoms with Crippen molar-refractivity contribution in [3.63, 3.8) is 0 Å². The molecule has 214 valence electrons. The molecule has 1 fully saturated rings. The fourth-order valence-corrected chi connectivity index (χ4v) is 6.18. The Bertz CT molecular complexity index is 1510. The summed E-state index contributed by atoms with van der Waals surface area (Å²) >= 11 is 0. The summed E-state index contributed by atoms with van der Waals surface area (Å²) < 4.78 is 0. The Morgan fingerprint density at radius 2 is 1.49 bits per heavy atom. The lowest BCUT2D eigenvalue weighted by atomic mass is 9.97. The van der Waals surface area contributed by atoms with E-state index >= 15 is 0 Å². The Morgan fingerprint density at radius 1 is 0.878 bits per heavy atom. The number of hydrogen-bond acceptors (Lipinski definition) is 4. The van der Waals surface area contributed by atoms with Crippen molar-refractivity contribution < 1.29 is 4.79 Å². The van der Waals surface area contributed by atoms with Gasteiger partial charge in [0.1, 0.15) is 0 Å². The SMILES string of the molecule is C[C@@H]1CN(C(=O)Cc2ccc3ccccc3c2)C[C@H](CCCN=C(N)N)N1C[C@@H](N)Cc1ccc2ccccc2c1. The lowest BCUT2D eigenvalue weighted by Crippen LogP contribution is -2.61. The molecule has 0 saturated carbocycles. The smallest absolute Gasteiger partial charge is 0.227 e. The van der Waals surface area contributed by atoms with Crippen LogP contribution in [-0.2, 0) is 17.6 Å². The van der Waals surface area contributed by atoms with E-state index < -0.39 is 0 Å². The third-order valence-corrected chi connectivity index (χ3v) is 8.22. The highest BCUT2D eigenvalue weighted by Crippen LogP contribution is 2.23. The number of carbonyl (C=O) groups excluding carboxylic acids is 1. The molecule has 1 aliphatic rings. The van der Waals surface area contributed by atoms with Crippen LogP contribution in [0, 0.1) is 0 Å². The van der Waals surface area contributed by atoms with Crippen LogP contribution in [0.5, 0.6) is 0 Å². The van der Waals surface area contributed by atoms with Gasteiger partial charge < -0.3 is 22.1 Å². The summed E-state index contributed by atoms with van der Waals surface area (Å²) in [6, 6.07) is 29.9. The topological polar surface area (TPSA) is 114 Å². The Labute approximate surface area is 243 Å². The molecule has 0 radical (unpaired) electrons. The number of carbonyl (C=O) groups is 1. The fourth-order valence-electron chi connectivity index (χ4n) is 6.18. The summed E-state index contributed by atoms with van der Waals surface area (Å²) in [6.45, 7) is 4.94. The number of aliphatic imine (C=N–C) groups is 1. The second-order valence-corrected chi connectivity index (χ2v) is 11.5. The number of rotatable bonds is 10. The summed E-state index contributed by atoms with van der Waals surface area (Å²) in [5.74, 6) is 0.282. The van der Waals surface area contributed by atoms with E-state index in [4.69, 9.17) is 17.2 Å². The van der Waals surface area contributed by atoms with Crippen molar-refractivity contribution in [3.05, 3.63) is 96.1 Å². The van der Waals surface area contributed by atoms with E-state index in [2.05, 4.69) is 89.6 Å². The first-order valence-electron chi connectivity index (χ1n) is 14.7. The minimum Gasteiger partial charge on any atom is -0.370 e. The van der Waals surface area contributed by atoms with Crippen molar-refractivity contribution in [2.45, 2.75) is 50.7 Å². The maximum absolute atomic E-state index is 13.5. The molecule has 0 aromatic heterocycles. The maximum Gasteiger partial charge on any atom is 0.227 e. The highest BCUT2D eigenvalue weighted by atomic mass is 16.2. The van der Waals surface area contributed by atoms with Gasteiger partial charge in [-0.3, -0.25) is 14.7 Å². The van der Waals surface area contributed by atoms with Crippen LogP contribution in [0.4, 0.5) is 0 Å². The van der Waals surface area contributed by atoms with Crippen LogP contribution in [0.25, 0.3) is 21.5 Å². The summed E-state index contributed by atoms with van der Waals surface area (Å²) in [5, 5.41) is 4.83. The van der Waals surface area contributed by atoms with Crippen molar-refractivity contribution >= 4 is 33.4 Å². The van der Waals surface area contributed by atoms with Crippen molar-refractivity contribution in [3.8, 4) is 0 Å². The molecular weight excluding hydrogens is 508 g/mol. The van der Waals surface area contributed by atoms with Crippen LogP contribution >= 0.6 is 0 Å². The molecule has 0 bridgehead atoms. The Balaban J connectivity index is 1.26. The molecule has 1 aliphatic heterocycles. The number of fused-ring (bicyclic) bond motifs is 2. The molecule has 7 heteroatoms. The average Bonchev–Trinajstić information content (AvgIpc) is 2.96. The molecule has 1 saturated heterocycles. The molecule has 4 aromatic rings. The third-order valence-electron chi connectivity index (χ3n) is 8.22. The lowest BCUT2D eigenvalue weighted by Gasteiger charge is -2.47. The van der Waals surface area contributed by atoms with Crippen LogP contribution < -0.4 is 17.2 Å². The second kappa shape index (κ2) is 13.1. The van der Waals surface area contributed by atoms with E-state index in [1.54, 1.807) is 0 Å². The van der Waals surface area contributed by atoms with Gasteiger partial charge in [0, 0.05) is 44.3 Å². The third kappa shape index (κ3) is 7.43. The van der Waals surface area contributed by atoms with Gasteiger partial charge in [-0.05, 0) is 58.9 Å². The monoisotopic (exact) mass is 550 g/mol. The van der Waals surface area contributed by atoms with Gasteiger partial charge in [-0.1, -0.05) is 84.9 Å². The highest BCUT2D eigenvalue weighted by Gasteiger charge is 2.34. The number of nitrogens with two attached hydrogens (primary N) is 3. The van der Waals surface area contributed by atoms with Crippen LogP contribution in [0.3, 0.4) is 0 Å². The summed E-state index contributed by atoms with van der Waals surface area (Å²) in [6.07, 6.45) is 2.95. The van der Waals surface area contributed by atoms with Gasteiger partial charge >= 0.3 is 0 Å². The van der Waals surface area contributed by atoms with Gasteiger partial charge in [-0.15, -0.1) is 0 Å². The zero-order valence-corrected chi connectivity index (χ0v) is 24.0. The average molecular weight is 551 g/mol. The minimum atomic E-state index is -0.0151. The van der Waals surface area contributed by atoms with Crippen molar-refractivity contribution in [1.29, 1.82) is 0 Å². The zero-order valence-electron chi connectivity index (χ0n) is 24.0. The number of guanidine groups is 1. The van der Waals surface area contributed by atoms with Gasteiger partial charge in [0.05, 0.1) is 6.42 Å². The Hall–Kier alpha value is -3.94. The van der Waals surface area contributed by atoms with Crippen molar-refractivity contribution in [2.24, 2.45) is 22.2 Å². The largest absolute Gasteiger partial charge is 0.370 e. The van der Waals surface area contributed by atoms with Gasteiger partial charge in [0.25, 0.3) is 0 Å². The Kier molecular flexibility index (Phi) is 9.17. The molecule has 0 unspecified atom stereocenters. The number of piperazine rings is 1. The standard InChI is InChI=1S/C34H42N6O/c1-24-21-39(33(41)20-26-13-15-28-8-3-5-10-30(28)18-26)23-32(11-6-16-38-34(36)37)40(24)22-31(35)19-25-12-14-27-7-2-4-9-29(27)17-25/h2-5,7-10,12-15,17-18,24,31-32H,6,11,16,19-23,35H2,1H3,(H4,36,37,38)/t24-,31+,32+/m1/s1. The lowest BCUT2D eigenvalue weighted by molar-refractivity contribution is -0.135. The highest BCUT2D eigenvalue weighted by molar-refractivity contribution is 5.85. The normalized spacial score (nSPS) is 18.4. The molecule has 7 nitrogen and oxygen atoms in total. The first kappa shape index (κ1) is 28.6. The van der Waals surface area contributed by atoms with E-state index in [1.165, 1.54) is 21.7 Å². The quantitative estimate of drug-likeness (QED) is 0.157. The first-order chi connectivity index (χ1) is 19.9. The molecule has 41 heavy (non-hydrogen) atoms. The Morgan fingerprint density at radius 3 is 2.15 bits per heavy atom. The number of amides is 1. The molecule has 3 atom stereocenters. The van der Waals surface area contributed by atoms with Gasteiger partial charge in [-0.25, -0.2) is 0 Å². The van der Waals surface area contributed by atoms with E-state index in [1.807, 2.05) is 17.0 Å². The molecule has 1 heterocycles. The molecule has 0 aliphatic carbocycles. The molecule has 1 amide bonds. The van der Waals surface area contributed by atoms with Crippen LogP contribution in [0.2, 0.25) is 0 Å². The summed E-state index contributed by atoms with van der Waals surface area (Å²) in [5.41, 5.74) is 20.2. The van der Waals surface area contributed by atoms with Crippen LogP contribution in [0.1, 0.15) is 30.9 Å². The van der Waals surface area contributed by atoms with Crippen molar-refractivity contribution in [1.82, 2.24) is 9.80 Å². The van der Waals surface area contributed by atoms with E-state index in [-0.39, 0.29) is 30.0 Å². The molecular formula is C34H42N6O. The zero-order chi connectivity index (χ0) is 28.8. The van der Waals surface area contributed by atoms with Crippen LogP contribution in [-0.4, -0.2) is 66.0 Å². The number of benzene rings is 4. The van der Waals surface area contributed by atoms with Gasteiger partial charge in [0.15, 0.2) is 5.96 Å². The van der Waals surface area contributed by atoms with E-state index in [0.29, 0.717) is 26.1 Å². The molecule has 4 aromatic carbocycles. The number of nitrogens with zero attached hydrogens (tertiary/aromatic N) is 3. The molecule has 5 rings (SSSR count). The predicted molar refractivity (Wildman–Crippen MR) is 170 cm³/mol. The summed E-state index contributed by atoms with van der Waals surface area (Å²) in [4.78, 5) is 22.2. The van der Waals surface area contributed by atoms with Gasteiger partial charge in [0.2, 0.25) is 5.91 Å². The number of hydrogen-bond donors (Lipinski definition) is 3. The minimum absolute atomic E-state index is 0.0151. The molecule has 6 N–H and O–H groups in total. The first-order valence-corrected chi connectivity index (χ1v) is 14.7. The molecule has 0 spiro atoms. The maximum atomic E-state index is 13.5. The van der Waals surface area contributed by atoms with E-state index in [9.17, 15) is 4.79 Å². The summed E-state index contributed by atoms with van der Waals surface area (Å²) in [7, 11) is 0. The fraction of sp³-hybridized carbons (Fsp3) is 0.353. The van der Waals surface area contributed by atoms with E-state index in [0.717, 1.165) is 36.8 Å². The van der Waals surface area contributed by atoms with Crippen molar-refractivity contribution in [2.75, 3.05) is 26.2 Å². The van der Waals surface area contributed by atoms with Gasteiger partial charge in [-0.2, -0.15) is 0 Å². The second-order valence-electron chi connectivity index (χ2n) is 11.5. The van der Waals surface area contributed by atoms with Crippen LogP contribution in [0.15, 0.2) is 89.9 Å². The predicted octanol–water partition coefficient (Wildman–Crippen LogP) is 4.06.